The molecular formula is C25H30BClN2O3. The molecular weight excluding hydrogens is 423 g/mol. The lowest BCUT2D eigenvalue weighted by molar-refractivity contribution is 0.00578. The van der Waals surface area contributed by atoms with Crippen LogP contribution in [0, 0.1) is 6.92 Å². The number of hydrogen-bond acceptors (Lipinski definition) is 5. The molecule has 0 unspecified atom stereocenters. The van der Waals surface area contributed by atoms with E-state index in [-0.39, 0.29) is 0 Å². The minimum Gasteiger partial charge on any atom is -0.435 e. The smallest absolute Gasteiger partial charge is 0.435 e. The molecule has 0 saturated carbocycles. The third kappa shape index (κ3) is 3.77. The third-order valence-electron chi connectivity index (χ3n) is 7.22. The Kier molecular flexibility index (Phi) is 5.40. The highest BCUT2D eigenvalue weighted by Gasteiger charge is 2.52. The number of benzene rings is 2. The highest BCUT2D eigenvalue weighted by atomic mass is 35.5. The van der Waals surface area contributed by atoms with Crippen LogP contribution in [0.25, 0.3) is 22.6 Å². The topological polar surface area (TPSA) is 47.7 Å². The van der Waals surface area contributed by atoms with Gasteiger partial charge < -0.3 is 13.7 Å². The van der Waals surface area contributed by atoms with E-state index < -0.39 is 18.3 Å². The fraction of sp³-hybridized carbons (Fsp3) is 0.480. The van der Waals surface area contributed by atoms with Gasteiger partial charge in [-0.2, -0.15) is 0 Å². The number of oxazole rings is 1. The van der Waals surface area contributed by atoms with Crippen LogP contribution in [0.3, 0.4) is 0 Å². The number of aromatic nitrogens is 1. The maximum absolute atomic E-state index is 6.59. The standard InChI is InChI=1S/C25H30BClN2O3/c1-16-18(9-8-10-19(16)26-31-24(2,3)25(4,5)32-26)23-28-21-14-17(13-20(27)22(21)30-23)15-29-11-6-7-12-29/h8-10,13-14H,6-7,11-12,15H2,1-5H3. The maximum atomic E-state index is 6.59. The van der Waals surface area contributed by atoms with E-state index in [9.17, 15) is 0 Å². The molecule has 32 heavy (non-hydrogen) atoms. The van der Waals surface area contributed by atoms with Crippen molar-refractivity contribution in [1.82, 2.24) is 9.88 Å². The van der Waals surface area contributed by atoms with Crippen molar-refractivity contribution < 1.29 is 13.7 Å². The molecule has 0 radical (unpaired) electrons. The number of likely N-dealkylation sites (tertiary alicyclic amines) is 1. The molecule has 5 nitrogen and oxygen atoms in total. The van der Waals surface area contributed by atoms with Gasteiger partial charge in [-0.15, -0.1) is 0 Å². The second-order valence-corrected chi connectivity index (χ2v) is 10.4. The zero-order valence-electron chi connectivity index (χ0n) is 19.5. The van der Waals surface area contributed by atoms with E-state index >= 15 is 0 Å². The van der Waals surface area contributed by atoms with Crippen LogP contribution >= 0.6 is 11.6 Å². The molecule has 7 heteroatoms. The van der Waals surface area contributed by atoms with Crippen molar-refractivity contribution in [3.63, 3.8) is 0 Å². The number of hydrogen-bond donors (Lipinski definition) is 0. The van der Waals surface area contributed by atoms with Gasteiger partial charge >= 0.3 is 7.12 Å². The van der Waals surface area contributed by atoms with Gasteiger partial charge in [0.15, 0.2) is 5.58 Å². The zero-order valence-corrected chi connectivity index (χ0v) is 20.3. The van der Waals surface area contributed by atoms with E-state index in [1.54, 1.807) is 0 Å². The van der Waals surface area contributed by atoms with Gasteiger partial charge in [-0.1, -0.05) is 23.7 Å². The van der Waals surface area contributed by atoms with E-state index in [0.717, 1.165) is 41.7 Å². The number of fused-ring (bicyclic) bond motifs is 1. The van der Waals surface area contributed by atoms with E-state index in [1.165, 1.54) is 18.4 Å². The first-order chi connectivity index (χ1) is 15.1. The summed E-state index contributed by atoms with van der Waals surface area (Å²) in [7, 11) is -0.431. The quantitative estimate of drug-likeness (QED) is 0.499. The van der Waals surface area contributed by atoms with Crippen molar-refractivity contribution in [1.29, 1.82) is 0 Å². The Morgan fingerprint density at radius 1 is 1.06 bits per heavy atom. The van der Waals surface area contributed by atoms with Gasteiger partial charge in [0.2, 0.25) is 5.89 Å². The first-order valence-electron chi connectivity index (χ1n) is 11.4. The van der Waals surface area contributed by atoms with Crippen LogP contribution in [-0.4, -0.2) is 41.3 Å². The highest BCUT2D eigenvalue weighted by molar-refractivity contribution is 6.62. The van der Waals surface area contributed by atoms with Gasteiger partial charge in [0.1, 0.15) is 5.52 Å². The molecule has 3 heterocycles. The molecule has 0 atom stereocenters. The third-order valence-corrected chi connectivity index (χ3v) is 7.50. The van der Waals surface area contributed by atoms with Gasteiger partial charge in [0, 0.05) is 12.1 Å². The predicted octanol–water partition coefficient (Wildman–Crippen LogP) is 5.35. The average Bonchev–Trinajstić information content (AvgIpc) is 3.41. The summed E-state index contributed by atoms with van der Waals surface area (Å²) < 4.78 is 18.7. The van der Waals surface area contributed by atoms with Crippen LogP contribution < -0.4 is 5.46 Å². The van der Waals surface area contributed by atoms with Crippen LogP contribution in [0.1, 0.15) is 51.7 Å². The summed E-state index contributed by atoms with van der Waals surface area (Å²) in [4.78, 5) is 7.27. The molecule has 0 spiro atoms. The second kappa shape index (κ2) is 7.87. The van der Waals surface area contributed by atoms with Gasteiger partial charge in [0.05, 0.1) is 16.2 Å². The van der Waals surface area contributed by atoms with Crippen LogP contribution in [0.4, 0.5) is 0 Å². The lowest BCUT2D eigenvalue weighted by atomic mass is 9.75. The molecule has 1 aromatic heterocycles. The number of nitrogens with zero attached hydrogens (tertiary/aromatic N) is 2. The lowest BCUT2D eigenvalue weighted by Crippen LogP contribution is -2.41. The predicted molar refractivity (Wildman–Crippen MR) is 129 cm³/mol. The van der Waals surface area contributed by atoms with Crippen molar-refractivity contribution in [2.45, 2.75) is 65.2 Å². The van der Waals surface area contributed by atoms with Crippen LogP contribution in [0.15, 0.2) is 34.7 Å². The Bertz CT molecular complexity index is 1150. The summed E-state index contributed by atoms with van der Waals surface area (Å²) in [6.07, 6.45) is 2.53. The zero-order chi connectivity index (χ0) is 22.7. The summed E-state index contributed by atoms with van der Waals surface area (Å²) in [6, 6.07) is 10.2. The van der Waals surface area contributed by atoms with Gasteiger partial charge in [0.25, 0.3) is 0 Å². The summed E-state index contributed by atoms with van der Waals surface area (Å²) >= 11 is 6.59. The van der Waals surface area contributed by atoms with E-state index in [1.807, 2.05) is 24.3 Å². The van der Waals surface area contributed by atoms with Crippen molar-refractivity contribution in [2.24, 2.45) is 0 Å². The summed E-state index contributed by atoms with van der Waals surface area (Å²) in [5.74, 6) is 0.566. The minimum atomic E-state index is -0.431. The molecule has 0 amide bonds. The normalized spacial score (nSPS) is 20.5. The number of rotatable bonds is 4. The number of halogens is 1. The van der Waals surface area contributed by atoms with Crippen LogP contribution in [-0.2, 0) is 15.9 Å². The molecule has 168 valence electrons. The molecule has 2 fully saturated rings. The maximum Gasteiger partial charge on any atom is 0.495 e. The van der Waals surface area contributed by atoms with Gasteiger partial charge in [-0.25, -0.2) is 4.98 Å². The second-order valence-electron chi connectivity index (χ2n) is 10.0. The van der Waals surface area contributed by atoms with Gasteiger partial charge in [-0.05, 0) is 95.3 Å². The van der Waals surface area contributed by atoms with E-state index in [0.29, 0.717) is 16.5 Å². The Morgan fingerprint density at radius 2 is 1.75 bits per heavy atom. The van der Waals surface area contributed by atoms with Crippen molar-refractivity contribution in [2.75, 3.05) is 13.1 Å². The molecule has 5 rings (SSSR count). The van der Waals surface area contributed by atoms with E-state index in [4.69, 9.17) is 30.3 Å². The summed E-state index contributed by atoms with van der Waals surface area (Å²) in [6.45, 7) is 13.5. The van der Waals surface area contributed by atoms with Gasteiger partial charge in [-0.3, -0.25) is 4.90 Å². The molecule has 3 aromatic rings. The largest absolute Gasteiger partial charge is 0.495 e. The fourth-order valence-electron chi connectivity index (χ4n) is 4.56. The molecule has 2 aliphatic rings. The molecule has 0 aliphatic carbocycles. The Morgan fingerprint density at radius 3 is 2.44 bits per heavy atom. The Labute approximate surface area is 195 Å². The highest BCUT2D eigenvalue weighted by Crippen LogP contribution is 2.37. The summed E-state index contributed by atoms with van der Waals surface area (Å²) in [5.41, 5.74) is 4.76. The summed E-state index contributed by atoms with van der Waals surface area (Å²) in [5, 5.41) is 0.607. The molecule has 2 aliphatic heterocycles. The molecule has 2 aromatic carbocycles. The molecule has 2 saturated heterocycles. The monoisotopic (exact) mass is 452 g/mol. The van der Waals surface area contributed by atoms with Crippen LogP contribution in [0.5, 0.6) is 0 Å². The van der Waals surface area contributed by atoms with Crippen molar-refractivity contribution in [3.8, 4) is 11.5 Å². The van der Waals surface area contributed by atoms with Crippen LogP contribution in [0.2, 0.25) is 5.02 Å². The van der Waals surface area contributed by atoms with Crippen molar-refractivity contribution in [3.05, 3.63) is 46.5 Å². The van der Waals surface area contributed by atoms with Crippen molar-refractivity contribution >= 4 is 35.3 Å². The Hall–Kier alpha value is -1.86. The molecule has 0 bridgehead atoms. The average molecular weight is 453 g/mol. The lowest BCUT2D eigenvalue weighted by Gasteiger charge is -2.32. The first-order valence-corrected chi connectivity index (χ1v) is 11.8. The first kappa shape index (κ1) is 22.0. The fourth-order valence-corrected chi connectivity index (χ4v) is 4.84. The molecule has 0 N–H and O–H groups in total. The SMILES string of the molecule is Cc1c(B2OC(C)(C)C(C)(C)O2)cccc1-c1nc2cc(CN3CCCC3)cc(Cl)c2o1. The minimum absolute atomic E-state index is 0.392. The Balaban J connectivity index is 1.49. The van der Waals surface area contributed by atoms with E-state index in [2.05, 4.69) is 45.6 Å².